The third-order valence-corrected chi connectivity index (χ3v) is 3.58. The highest BCUT2D eigenvalue weighted by Gasteiger charge is 2.32. The molecule has 0 aromatic rings. The van der Waals surface area contributed by atoms with Crippen LogP contribution in [0.1, 0.15) is 20.8 Å². The topological polar surface area (TPSA) is 90.0 Å². The van der Waals surface area contributed by atoms with Crippen LogP contribution in [0.5, 0.6) is 0 Å². The average molecular weight is 312 g/mol. The molecule has 1 N–H and O–H groups in total. The van der Waals surface area contributed by atoms with Crippen LogP contribution >= 0.6 is 0 Å². The van der Waals surface area contributed by atoms with Crippen LogP contribution in [-0.4, -0.2) is 84.1 Å². The zero-order valence-electron chi connectivity index (χ0n) is 13.6. The summed E-state index contributed by atoms with van der Waals surface area (Å²) in [6, 6.07) is -0.0877. The van der Waals surface area contributed by atoms with Crippen molar-refractivity contribution >= 4 is 23.6 Å². The Hall–Kier alpha value is -1.80. The molecule has 0 saturated carbocycles. The van der Waals surface area contributed by atoms with Crippen molar-refractivity contribution in [1.29, 1.82) is 0 Å². The van der Waals surface area contributed by atoms with Gasteiger partial charge in [0.15, 0.2) is 0 Å². The number of hydrogen-bond acceptors (Lipinski definition) is 6. The largest absolute Gasteiger partial charge is 0.294 e. The second-order valence-electron chi connectivity index (χ2n) is 5.24. The Labute approximate surface area is 130 Å². The SMILES string of the molecule is CC.CC(CN1CC(=O)NC(=O)C1)N1CC(=O)N(C)C(=O)C1. The monoisotopic (exact) mass is 312 g/mol. The third kappa shape index (κ3) is 4.60. The van der Waals surface area contributed by atoms with E-state index in [9.17, 15) is 19.2 Å². The van der Waals surface area contributed by atoms with Crippen LogP contribution in [-0.2, 0) is 19.2 Å². The number of nitrogens with zero attached hydrogens (tertiary/aromatic N) is 3. The fourth-order valence-corrected chi connectivity index (χ4v) is 2.38. The Bertz CT molecular complexity index is 432. The van der Waals surface area contributed by atoms with Crippen molar-refractivity contribution in [3.05, 3.63) is 0 Å². The Morgan fingerprint density at radius 3 is 1.86 bits per heavy atom. The van der Waals surface area contributed by atoms with Crippen molar-refractivity contribution in [2.24, 2.45) is 0 Å². The molecule has 8 nitrogen and oxygen atoms in total. The summed E-state index contributed by atoms with van der Waals surface area (Å²) >= 11 is 0. The van der Waals surface area contributed by atoms with Crippen molar-refractivity contribution < 1.29 is 19.2 Å². The Balaban J connectivity index is 0.00000116. The first-order chi connectivity index (χ1) is 10.4. The number of piperazine rings is 2. The zero-order chi connectivity index (χ0) is 16.9. The maximum absolute atomic E-state index is 11.6. The number of carbonyl (C=O) groups is 4. The minimum absolute atomic E-state index is 0.0877. The summed E-state index contributed by atoms with van der Waals surface area (Å²) in [5.41, 5.74) is 0. The predicted molar refractivity (Wildman–Crippen MR) is 79.7 cm³/mol. The molecular weight excluding hydrogens is 288 g/mol. The first-order valence-corrected chi connectivity index (χ1v) is 7.45. The lowest BCUT2D eigenvalue weighted by Gasteiger charge is -2.37. The highest BCUT2D eigenvalue weighted by atomic mass is 16.2. The summed E-state index contributed by atoms with van der Waals surface area (Å²) < 4.78 is 0. The average Bonchev–Trinajstić information content (AvgIpc) is 2.45. The molecule has 2 fully saturated rings. The van der Waals surface area contributed by atoms with E-state index in [4.69, 9.17) is 0 Å². The van der Waals surface area contributed by atoms with Gasteiger partial charge < -0.3 is 0 Å². The number of imide groups is 2. The molecule has 22 heavy (non-hydrogen) atoms. The van der Waals surface area contributed by atoms with E-state index in [1.807, 2.05) is 20.8 Å². The van der Waals surface area contributed by atoms with Gasteiger partial charge in [0.05, 0.1) is 26.2 Å². The van der Waals surface area contributed by atoms with Crippen LogP contribution in [0.2, 0.25) is 0 Å². The van der Waals surface area contributed by atoms with Gasteiger partial charge in [0.1, 0.15) is 0 Å². The molecule has 1 atom stereocenters. The minimum Gasteiger partial charge on any atom is -0.294 e. The standard InChI is InChI=1S/C12H18N4O4.C2H6/c1-8(3-15-4-9(17)13-10(18)5-15)16-6-11(19)14(2)12(20)7-16;1-2/h8H,3-7H2,1-2H3,(H,13,17,18);1-2H3. The Morgan fingerprint density at radius 1 is 0.955 bits per heavy atom. The van der Waals surface area contributed by atoms with Gasteiger partial charge in [0.25, 0.3) is 0 Å². The molecular formula is C14H24N4O4. The smallest absolute Gasteiger partial charge is 0.243 e. The van der Waals surface area contributed by atoms with Crippen LogP contribution < -0.4 is 5.32 Å². The van der Waals surface area contributed by atoms with E-state index >= 15 is 0 Å². The number of carbonyl (C=O) groups excluding carboxylic acids is 4. The Morgan fingerprint density at radius 2 is 1.41 bits per heavy atom. The van der Waals surface area contributed by atoms with E-state index in [0.717, 1.165) is 4.90 Å². The molecule has 2 rings (SSSR count). The fourth-order valence-electron chi connectivity index (χ4n) is 2.38. The van der Waals surface area contributed by atoms with Gasteiger partial charge in [0, 0.05) is 19.6 Å². The summed E-state index contributed by atoms with van der Waals surface area (Å²) in [5, 5.41) is 2.23. The molecule has 124 valence electrons. The quantitative estimate of drug-likeness (QED) is 0.649. The molecule has 0 aromatic carbocycles. The molecule has 0 spiro atoms. The molecule has 0 aromatic heterocycles. The zero-order valence-corrected chi connectivity index (χ0v) is 13.6. The van der Waals surface area contributed by atoms with Crippen molar-refractivity contribution in [3.63, 3.8) is 0 Å². The summed E-state index contributed by atoms with van der Waals surface area (Å²) in [5.74, 6) is -1.11. The molecule has 2 aliphatic rings. The van der Waals surface area contributed by atoms with E-state index in [-0.39, 0.29) is 55.8 Å². The lowest BCUT2D eigenvalue weighted by Crippen LogP contribution is -2.58. The van der Waals surface area contributed by atoms with Crippen molar-refractivity contribution in [2.75, 3.05) is 39.8 Å². The van der Waals surface area contributed by atoms with Gasteiger partial charge in [-0.2, -0.15) is 0 Å². The maximum atomic E-state index is 11.6. The number of nitrogens with one attached hydrogen (secondary N) is 1. The number of likely N-dealkylation sites (N-methyl/N-ethyl adjacent to an activating group) is 1. The van der Waals surface area contributed by atoms with E-state index in [2.05, 4.69) is 5.32 Å². The molecule has 2 saturated heterocycles. The summed E-state index contributed by atoms with van der Waals surface area (Å²) in [6.07, 6.45) is 0. The van der Waals surface area contributed by atoms with E-state index in [0.29, 0.717) is 6.54 Å². The molecule has 8 heteroatoms. The van der Waals surface area contributed by atoms with E-state index in [1.165, 1.54) is 7.05 Å². The third-order valence-electron chi connectivity index (χ3n) is 3.58. The van der Waals surface area contributed by atoms with Gasteiger partial charge >= 0.3 is 0 Å². The highest BCUT2D eigenvalue weighted by Crippen LogP contribution is 2.09. The number of amides is 4. The van der Waals surface area contributed by atoms with Gasteiger partial charge in [0.2, 0.25) is 23.6 Å². The number of rotatable bonds is 3. The van der Waals surface area contributed by atoms with E-state index < -0.39 is 0 Å². The molecule has 0 aliphatic carbocycles. The molecule has 0 radical (unpaired) electrons. The van der Waals surface area contributed by atoms with Crippen LogP contribution in [0.4, 0.5) is 0 Å². The second kappa shape index (κ2) is 8.00. The van der Waals surface area contributed by atoms with Crippen LogP contribution in [0.15, 0.2) is 0 Å². The summed E-state index contributed by atoms with van der Waals surface area (Å²) in [6.45, 7) is 7.01. The van der Waals surface area contributed by atoms with Gasteiger partial charge in [-0.3, -0.25) is 39.2 Å². The highest BCUT2D eigenvalue weighted by molar-refractivity contribution is 5.99. The first-order valence-electron chi connectivity index (χ1n) is 7.45. The summed E-state index contributed by atoms with van der Waals surface area (Å²) in [7, 11) is 1.47. The van der Waals surface area contributed by atoms with Crippen LogP contribution in [0.3, 0.4) is 0 Å². The minimum atomic E-state index is -0.320. The molecule has 2 heterocycles. The first kappa shape index (κ1) is 18.2. The molecule has 0 bridgehead atoms. The lowest BCUT2D eigenvalue weighted by atomic mass is 10.2. The normalized spacial score (nSPS) is 22.1. The maximum Gasteiger partial charge on any atom is 0.243 e. The van der Waals surface area contributed by atoms with Crippen LogP contribution in [0.25, 0.3) is 0 Å². The van der Waals surface area contributed by atoms with Crippen molar-refractivity contribution in [2.45, 2.75) is 26.8 Å². The molecule has 4 amide bonds. The van der Waals surface area contributed by atoms with Gasteiger partial charge in [-0.25, -0.2) is 0 Å². The second-order valence-corrected chi connectivity index (χ2v) is 5.24. The lowest BCUT2D eigenvalue weighted by molar-refractivity contribution is -0.151. The van der Waals surface area contributed by atoms with Crippen molar-refractivity contribution in [3.8, 4) is 0 Å². The van der Waals surface area contributed by atoms with Gasteiger partial charge in [-0.1, -0.05) is 13.8 Å². The number of hydrogen-bond donors (Lipinski definition) is 1. The van der Waals surface area contributed by atoms with Gasteiger partial charge in [-0.05, 0) is 6.92 Å². The van der Waals surface area contributed by atoms with Gasteiger partial charge in [-0.15, -0.1) is 0 Å². The Kier molecular flexibility index (Phi) is 6.63. The van der Waals surface area contributed by atoms with E-state index in [1.54, 1.807) is 9.80 Å². The summed E-state index contributed by atoms with van der Waals surface area (Å²) in [4.78, 5) is 50.5. The molecule has 2 aliphatic heterocycles. The molecule has 1 unspecified atom stereocenters. The van der Waals surface area contributed by atoms with Crippen LogP contribution in [0, 0.1) is 0 Å². The van der Waals surface area contributed by atoms with Crippen molar-refractivity contribution in [1.82, 2.24) is 20.0 Å². The fraction of sp³-hybridized carbons (Fsp3) is 0.714. The predicted octanol–water partition coefficient (Wildman–Crippen LogP) is -1.34.